The number of rotatable bonds is 8. The molecule has 0 saturated heterocycles. The fraction of sp³-hybridized carbons (Fsp3) is 0.846. The third kappa shape index (κ3) is 9.78. The molecule has 0 aromatic carbocycles. The van der Waals surface area contributed by atoms with Gasteiger partial charge in [-0.3, -0.25) is 9.59 Å². The third-order valence-corrected chi connectivity index (χ3v) is 3.62. The molecule has 2 amide bonds. The van der Waals surface area contributed by atoms with Crippen LogP contribution in [0.1, 0.15) is 34.6 Å². The molecule has 0 aliphatic heterocycles. The Labute approximate surface area is 120 Å². The number of amides is 2. The minimum Gasteiger partial charge on any atom is -0.352 e. The molecule has 0 heterocycles. The highest BCUT2D eigenvalue weighted by atomic mass is 32.2. The number of likely N-dealkylation sites (N-methyl/N-ethyl adjacent to an activating group) is 1. The van der Waals surface area contributed by atoms with Crippen LogP contribution in [0.5, 0.6) is 0 Å². The fourth-order valence-corrected chi connectivity index (χ4v) is 2.40. The van der Waals surface area contributed by atoms with Gasteiger partial charge in [0.15, 0.2) is 0 Å². The standard InChI is InChI=1S/C13H27N3O2S/c1-6-16(7-11(17)15-10(2)3)12(18)8-19-9-13(4,5)14/h10H,6-9,14H2,1-5H3,(H,15,17). The van der Waals surface area contributed by atoms with Crippen LogP contribution in [0.15, 0.2) is 0 Å². The first-order valence-electron chi connectivity index (χ1n) is 6.59. The van der Waals surface area contributed by atoms with Gasteiger partial charge in [-0.25, -0.2) is 0 Å². The van der Waals surface area contributed by atoms with E-state index in [1.807, 2.05) is 34.6 Å². The predicted molar refractivity (Wildman–Crippen MR) is 81.1 cm³/mol. The summed E-state index contributed by atoms with van der Waals surface area (Å²) in [5.41, 5.74) is 5.58. The van der Waals surface area contributed by atoms with Gasteiger partial charge in [0.1, 0.15) is 0 Å². The van der Waals surface area contributed by atoms with Crippen LogP contribution in [0.2, 0.25) is 0 Å². The number of hydrogen-bond donors (Lipinski definition) is 2. The molecule has 0 unspecified atom stereocenters. The molecule has 0 rings (SSSR count). The van der Waals surface area contributed by atoms with Gasteiger partial charge in [-0.05, 0) is 34.6 Å². The Morgan fingerprint density at radius 1 is 1.37 bits per heavy atom. The monoisotopic (exact) mass is 289 g/mol. The summed E-state index contributed by atoms with van der Waals surface area (Å²) >= 11 is 1.51. The van der Waals surface area contributed by atoms with Gasteiger partial charge < -0.3 is 16.0 Å². The summed E-state index contributed by atoms with van der Waals surface area (Å²) in [6.07, 6.45) is 0. The Hall–Kier alpha value is -0.750. The lowest BCUT2D eigenvalue weighted by molar-refractivity contribution is -0.134. The van der Waals surface area contributed by atoms with Crippen molar-refractivity contribution < 1.29 is 9.59 Å². The lowest BCUT2D eigenvalue weighted by atomic mass is 10.1. The van der Waals surface area contributed by atoms with Gasteiger partial charge in [0.25, 0.3) is 0 Å². The second-order valence-electron chi connectivity index (χ2n) is 5.61. The van der Waals surface area contributed by atoms with Gasteiger partial charge in [-0.2, -0.15) is 11.8 Å². The second kappa shape index (κ2) is 8.43. The zero-order valence-corrected chi connectivity index (χ0v) is 13.5. The number of carbonyl (C=O) groups is 2. The van der Waals surface area contributed by atoms with E-state index in [0.29, 0.717) is 18.1 Å². The molecular formula is C13H27N3O2S. The molecule has 0 aliphatic carbocycles. The lowest BCUT2D eigenvalue weighted by Gasteiger charge is -2.22. The van der Waals surface area contributed by atoms with Gasteiger partial charge in [0.2, 0.25) is 11.8 Å². The molecule has 0 radical (unpaired) electrons. The maximum atomic E-state index is 12.0. The maximum absolute atomic E-state index is 12.0. The van der Waals surface area contributed by atoms with Crippen molar-refractivity contribution in [2.24, 2.45) is 5.73 Å². The van der Waals surface area contributed by atoms with E-state index in [9.17, 15) is 9.59 Å². The zero-order valence-electron chi connectivity index (χ0n) is 12.7. The summed E-state index contributed by atoms with van der Waals surface area (Å²) in [6.45, 7) is 10.2. The first-order chi connectivity index (χ1) is 8.65. The molecule has 0 spiro atoms. The average Bonchev–Trinajstić information content (AvgIpc) is 2.22. The van der Waals surface area contributed by atoms with E-state index in [1.54, 1.807) is 4.90 Å². The summed E-state index contributed by atoms with van der Waals surface area (Å²) in [5.74, 6) is 0.947. The van der Waals surface area contributed by atoms with Gasteiger partial charge in [0, 0.05) is 23.9 Å². The highest BCUT2D eigenvalue weighted by Gasteiger charge is 2.17. The Balaban J connectivity index is 4.14. The summed E-state index contributed by atoms with van der Waals surface area (Å²) < 4.78 is 0. The first-order valence-corrected chi connectivity index (χ1v) is 7.75. The third-order valence-electron chi connectivity index (χ3n) is 2.22. The molecule has 0 aromatic rings. The summed E-state index contributed by atoms with van der Waals surface area (Å²) in [4.78, 5) is 25.2. The van der Waals surface area contributed by atoms with Crippen molar-refractivity contribution in [2.45, 2.75) is 46.2 Å². The summed E-state index contributed by atoms with van der Waals surface area (Å²) in [5, 5.41) is 2.78. The molecule has 19 heavy (non-hydrogen) atoms. The van der Waals surface area contributed by atoms with Crippen LogP contribution in [-0.4, -0.2) is 52.9 Å². The number of nitrogens with zero attached hydrogens (tertiary/aromatic N) is 1. The maximum Gasteiger partial charge on any atom is 0.239 e. The Morgan fingerprint density at radius 2 is 1.95 bits per heavy atom. The van der Waals surface area contributed by atoms with Gasteiger partial charge >= 0.3 is 0 Å². The Kier molecular flexibility index (Phi) is 8.09. The normalized spacial score (nSPS) is 11.5. The topological polar surface area (TPSA) is 75.4 Å². The molecule has 5 nitrogen and oxygen atoms in total. The number of nitrogens with two attached hydrogens (primary N) is 1. The van der Waals surface area contributed by atoms with Crippen molar-refractivity contribution in [1.82, 2.24) is 10.2 Å². The van der Waals surface area contributed by atoms with Gasteiger partial charge in [-0.1, -0.05) is 0 Å². The van der Waals surface area contributed by atoms with E-state index < -0.39 is 0 Å². The molecule has 0 bridgehead atoms. The molecule has 6 heteroatoms. The van der Waals surface area contributed by atoms with Crippen LogP contribution in [0.4, 0.5) is 0 Å². The number of hydrogen-bond acceptors (Lipinski definition) is 4. The van der Waals surface area contributed by atoms with Crippen LogP contribution in [0, 0.1) is 0 Å². The van der Waals surface area contributed by atoms with E-state index in [1.165, 1.54) is 11.8 Å². The molecule has 3 N–H and O–H groups in total. The minimum atomic E-state index is -0.281. The predicted octanol–water partition coefficient (Wildman–Crippen LogP) is 0.830. The molecule has 112 valence electrons. The Bertz CT molecular complexity index is 301. The van der Waals surface area contributed by atoms with Crippen LogP contribution >= 0.6 is 11.8 Å². The summed E-state index contributed by atoms with van der Waals surface area (Å²) in [7, 11) is 0. The van der Waals surface area contributed by atoms with Crippen molar-refractivity contribution in [2.75, 3.05) is 24.6 Å². The average molecular weight is 289 g/mol. The second-order valence-corrected chi connectivity index (χ2v) is 6.60. The van der Waals surface area contributed by atoms with Crippen molar-refractivity contribution in [3.63, 3.8) is 0 Å². The van der Waals surface area contributed by atoms with E-state index in [4.69, 9.17) is 5.73 Å². The number of nitrogens with one attached hydrogen (secondary N) is 1. The molecule has 0 aromatic heterocycles. The van der Waals surface area contributed by atoms with E-state index in [-0.39, 0.29) is 29.9 Å². The molecule has 0 fully saturated rings. The highest BCUT2D eigenvalue weighted by Crippen LogP contribution is 2.10. The Morgan fingerprint density at radius 3 is 2.37 bits per heavy atom. The highest BCUT2D eigenvalue weighted by molar-refractivity contribution is 8.00. The lowest BCUT2D eigenvalue weighted by Crippen LogP contribution is -2.43. The van der Waals surface area contributed by atoms with Gasteiger partial charge in [0.05, 0.1) is 12.3 Å². The quantitative estimate of drug-likeness (QED) is 0.694. The summed E-state index contributed by atoms with van der Waals surface area (Å²) in [6, 6.07) is 0.0914. The SMILES string of the molecule is CCN(CC(=O)NC(C)C)C(=O)CSCC(C)(C)N. The van der Waals surface area contributed by atoms with Crippen molar-refractivity contribution in [3.8, 4) is 0 Å². The zero-order chi connectivity index (χ0) is 15.1. The van der Waals surface area contributed by atoms with Gasteiger partial charge in [-0.15, -0.1) is 0 Å². The van der Waals surface area contributed by atoms with E-state index >= 15 is 0 Å². The van der Waals surface area contributed by atoms with Crippen LogP contribution in [0.25, 0.3) is 0 Å². The van der Waals surface area contributed by atoms with Crippen LogP contribution in [-0.2, 0) is 9.59 Å². The minimum absolute atomic E-state index is 0.0179. The van der Waals surface area contributed by atoms with Crippen LogP contribution < -0.4 is 11.1 Å². The molecule has 0 saturated carbocycles. The van der Waals surface area contributed by atoms with Crippen molar-refractivity contribution in [3.05, 3.63) is 0 Å². The molecule has 0 aliphatic rings. The van der Waals surface area contributed by atoms with E-state index in [2.05, 4.69) is 5.32 Å². The largest absolute Gasteiger partial charge is 0.352 e. The fourth-order valence-electron chi connectivity index (χ4n) is 1.41. The number of thioether (sulfide) groups is 1. The van der Waals surface area contributed by atoms with Crippen LogP contribution in [0.3, 0.4) is 0 Å². The van der Waals surface area contributed by atoms with E-state index in [0.717, 1.165) is 0 Å². The number of carbonyl (C=O) groups excluding carboxylic acids is 2. The van der Waals surface area contributed by atoms with Crippen molar-refractivity contribution >= 4 is 23.6 Å². The molecular weight excluding hydrogens is 262 g/mol. The molecule has 0 atom stereocenters. The smallest absolute Gasteiger partial charge is 0.239 e. The van der Waals surface area contributed by atoms with Crippen molar-refractivity contribution in [1.29, 1.82) is 0 Å². The first kappa shape index (κ1) is 18.2.